The first-order valence-electron chi connectivity index (χ1n) is 6.98. The van der Waals surface area contributed by atoms with Gasteiger partial charge in [-0.05, 0) is 31.9 Å². The molecule has 1 aromatic carbocycles. The van der Waals surface area contributed by atoms with Crippen LogP contribution in [0.5, 0.6) is 5.75 Å². The summed E-state index contributed by atoms with van der Waals surface area (Å²) in [5.41, 5.74) is 1.55. The van der Waals surface area contributed by atoms with Crippen LogP contribution in [0.25, 0.3) is 0 Å². The van der Waals surface area contributed by atoms with Crippen molar-refractivity contribution in [1.82, 2.24) is 15.3 Å². The molecule has 0 spiro atoms. The second kappa shape index (κ2) is 7.38. The van der Waals surface area contributed by atoms with E-state index in [1.807, 2.05) is 31.2 Å². The smallest absolute Gasteiger partial charge is 0.254 e. The van der Waals surface area contributed by atoms with Gasteiger partial charge in [-0.15, -0.1) is 0 Å². The Balaban J connectivity index is 1.89. The van der Waals surface area contributed by atoms with E-state index in [4.69, 9.17) is 4.74 Å². The molecule has 0 radical (unpaired) electrons. The Kier molecular flexibility index (Phi) is 5.26. The summed E-state index contributed by atoms with van der Waals surface area (Å²) in [6.07, 6.45) is 3.78. The van der Waals surface area contributed by atoms with E-state index in [0.717, 1.165) is 11.3 Å². The van der Waals surface area contributed by atoms with Crippen molar-refractivity contribution in [1.29, 1.82) is 0 Å². The summed E-state index contributed by atoms with van der Waals surface area (Å²) in [5.74, 6) is 1.36. The number of carbonyl (C=O) groups is 1. The van der Waals surface area contributed by atoms with Crippen LogP contribution in [0.3, 0.4) is 0 Å². The third-order valence-electron chi connectivity index (χ3n) is 3.00. The van der Waals surface area contributed by atoms with Crippen LogP contribution in [0.15, 0.2) is 36.7 Å². The van der Waals surface area contributed by atoms with Crippen LogP contribution in [-0.2, 0) is 6.42 Å². The topological polar surface area (TPSA) is 64.1 Å². The van der Waals surface area contributed by atoms with Gasteiger partial charge in [-0.25, -0.2) is 9.97 Å². The minimum atomic E-state index is -0.163. The zero-order valence-electron chi connectivity index (χ0n) is 12.3. The number of aromatic nitrogens is 2. The summed E-state index contributed by atoms with van der Waals surface area (Å²) in [6, 6.07) is 7.85. The van der Waals surface area contributed by atoms with Crippen LogP contribution in [-0.4, -0.2) is 29.0 Å². The fourth-order valence-corrected chi connectivity index (χ4v) is 1.93. The predicted molar refractivity (Wildman–Crippen MR) is 80.4 cm³/mol. The largest absolute Gasteiger partial charge is 0.494 e. The van der Waals surface area contributed by atoms with Crippen LogP contribution < -0.4 is 10.1 Å². The molecule has 0 saturated carbocycles. The number of amides is 1. The Bertz CT molecular complexity index is 597. The van der Waals surface area contributed by atoms with E-state index < -0.39 is 0 Å². The number of nitrogens with zero attached hydrogens (tertiary/aromatic N) is 2. The number of carbonyl (C=O) groups excluding carboxylic acids is 1. The van der Waals surface area contributed by atoms with E-state index in [1.165, 1.54) is 12.4 Å². The first-order chi connectivity index (χ1) is 10.2. The quantitative estimate of drug-likeness (QED) is 0.883. The fourth-order valence-electron chi connectivity index (χ4n) is 1.93. The van der Waals surface area contributed by atoms with Gasteiger partial charge in [0.2, 0.25) is 0 Å². The maximum atomic E-state index is 11.9. The monoisotopic (exact) mass is 285 g/mol. The third-order valence-corrected chi connectivity index (χ3v) is 3.00. The lowest BCUT2D eigenvalue weighted by Crippen LogP contribution is -2.26. The first kappa shape index (κ1) is 15.0. The van der Waals surface area contributed by atoms with Gasteiger partial charge in [-0.2, -0.15) is 0 Å². The molecule has 0 fully saturated rings. The van der Waals surface area contributed by atoms with E-state index in [9.17, 15) is 4.79 Å². The third kappa shape index (κ3) is 4.27. The van der Waals surface area contributed by atoms with Crippen LogP contribution in [0.4, 0.5) is 0 Å². The second-order valence-corrected chi connectivity index (χ2v) is 4.57. The highest BCUT2D eigenvalue weighted by molar-refractivity contribution is 5.93. The Morgan fingerprint density at radius 3 is 2.67 bits per heavy atom. The van der Waals surface area contributed by atoms with Crippen molar-refractivity contribution in [2.45, 2.75) is 20.3 Å². The highest BCUT2D eigenvalue weighted by atomic mass is 16.5. The van der Waals surface area contributed by atoms with E-state index in [0.29, 0.717) is 31.0 Å². The fraction of sp³-hybridized carbons (Fsp3) is 0.312. The molecule has 1 heterocycles. The summed E-state index contributed by atoms with van der Waals surface area (Å²) in [7, 11) is 0. The van der Waals surface area contributed by atoms with Gasteiger partial charge in [0.1, 0.15) is 11.6 Å². The Morgan fingerprint density at radius 1 is 1.24 bits per heavy atom. The lowest BCUT2D eigenvalue weighted by Gasteiger charge is -2.10. The number of nitrogens with one attached hydrogen (secondary N) is 1. The van der Waals surface area contributed by atoms with Gasteiger partial charge in [0.15, 0.2) is 0 Å². The highest BCUT2D eigenvalue weighted by Crippen LogP contribution is 2.17. The number of hydrogen-bond donors (Lipinski definition) is 1. The Hall–Kier alpha value is -2.43. The van der Waals surface area contributed by atoms with Crippen LogP contribution in [0, 0.1) is 6.92 Å². The molecule has 0 atom stereocenters. The molecule has 2 rings (SSSR count). The van der Waals surface area contributed by atoms with Crippen molar-refractivity contribution in [3.8, 4) is 5.75 Å². The molecule has 5 heteroatoms. The van der Waals surface area contributed by atoms with E-state index >= 15 is 0 Å². The normalized spacial score (nSPS) is 10.2. The van der Waals surface area contributed by atoms with Gasteiger partial charge in [-0.3, -0.25) is 4.79 Å². The van der Waals surface area contributed by atoms with Crippen LogP contribution in [0.2, 0.25) is 0 Å². The summed E-state index contributed by atoms with van der Waals surface area (Å²) < 4.78 is 5.56. The van der Waals surface area contributed by atoms with Gasteiger partial charge >= 0.3 is 0 Å². The van der Waals surface area contributed by atoms with E-state index in [2.05, 4.69) is 15.3 Å². The van der Waals surface area contributed by atoms with Crippen molar-refractivity contribution in [2.75, 3.05) is 13.2 Å². The summed E-state index contributed by atoms with van der Waals surface area (Å²) in [6.45, 7) is 4.91. The minimum Gasteiger partial charge on any atom is -0.494 e. The summed E-state index contributed by atoms with van der Waals surface area (Å²) in [4.78, 5) is 20.0. The van der Waals surface area contributed by atoms with Gasteiger partial charge in [-0.1, -0.05) is 18.2 Å². The molecule has 0 saturated heterocycles. The summed E-state index contributed by atoms with van der Waals surface area (Å²) >= 11 is 0. The maximum absolute atomic E-state index is 11.9. The average molecular weight is 285 g/mol. The molecule has 2 aromatic rings. The molecule has 0 unspecified atom stereocenters. The maximum Gasteiger partial charge on any atom is 0.254 e. The number of hydrogen-bond acceptors (Lipinski definition) is 4. The molecule has 0 aliphatic carbocycles. The van der Waals surface area contributed by atoms with Crippen LogP contribution in [0.1, 0.15) is 28.7 Å². The number of rotatable bonds is 6. The highest BCUT2D eigenvalue weighted by Gasteiger charge is 2.07. The molecule has 0 bridgehead atoms. The van der Waals surface area contributed by atoms with Crippen molar-refractivity contribution in [3.05, 3.63) is 53.6 Å². The molecular formula is C16H19N3O2. The van der Waals surface area contributed by atoms with Gasteiger partial charge < -0.3 is 10.1 Å². The molecule has 0 aliphatic rings. The first-order valence-corrected chi connectivity index (χ1v) is 6.98. The molecule has 21 heavy (non-hydrogen) atoms. The number of para-hydroxylation sites is 1. The van der Waals surface area contributed by atoms with E-state index in [1.54, 1.807) is 6.92 Å². The van der Waals surface area contributed by atoms with Crippen molar-refractivity contribution >= 4 is 5.91 Å². The van der Waals surface area contributed by atoms with Gasteiger partial charge in [0.25, 0.3) is 5.91 Å². The van der Waals surface area contributed by atoms with Gasteiger partial charge in [0.05, 0.1) is 12.2 Å². The van der Waals surface area contributed by atoms with Gasteiger partial charge in [0, 0.05) is 18.9 Å². The molecule has 110 valence electrons. The lowest BCUT2D eigenvalue weighted by atomic mass is 10.1. The standard InChI is InChI=1S/C16H19N3O2/c1-3-21-15-7-5-4-6-13(15)8-9-17-16(20)14-10-18-12(2)19-11-14/h4-7,10-11H,3,8-9H2,1-2H3,(H,17,20). The predicted octanol–water partition coefficient (Wildman–Crippen LogP) is 2.16. The van der Waals surface area contributed by atoms with Crippen molar-refractivity contribution < 1.29 is 9.53 Å². The molecular weight excluding hydrogens is 266 g/mol. The van der Waals surface area contributed by atoms with Crippen molar-refractivity contribution in [2.24, 2.45) is 0 Å². The summed E-state index contributed by atoms with van der Waals surface area (Å²) in [5, 5.41) is 2.86. The Labute approximate surface area is 124 Å². The van der Waals surface area contributed by atoms with Crippen molar-refractivity contribution in [3.63, 3.8) is 0 Å². The van der Waals surface area contributed by atoms with E-state index in [-0.39, 0.29) is 5.91 Å². The molecule has 5 nitrogen and oxygen atoms in total. The lowest BCUT2D eigenvalue weighted by molar-refractivity contribution is 0.0953. The van der Waals surface area contributed by atoms with Crippen LogP contribution >= 0.6 is 0 Å². The molecule has 0 aliphatic heterocycles. The molecule has 1 aromatic heterocycles. The number of benzene rings is 1. The zero-order valence-corrected chi connectivity index (χ0v) is 12.3. The second-order valence-electron chi connectivity index (χ2n) is 4.57. The Morgan fingerprint density at radius 2 is 1.95 bits per heavy atom. The average Bonchev–Trinajstić information content (AvgIpc) is 2.50. The number of aryl methyl sites for hydroxylation is 1. The molecule has 1 N–H and O–H groups in total. The molecule has 1 amide bonds. The minimum absolute atomic E-state index is 0.163. The SMILES string of the molecule is CCOc1ccccc1CCNC(=O)c1cnc(C)nc1. The number of ether oxygens (including phenoxy) is 1. The zero-order chi connectivity index (χ0) is 15.1.